The van der Waals surface area contributed by atoms with Crippen molar-refractivity contribution in [3.63, 3.8) is 0 Å². The maximum Gasteiger partial charge on any atom is 0.284 e. The molecule has 0 atom stereocenters. The van der Waals surface area contributed by atoms with Gasteiger partial charge < -0.3 is 24.4 Å². The van der Waals surface area contributed by atoms with E-state index in [-0.39, 0.29) is 5.91 Å². The Kier molecular flexibility index (Phi) is 5.31. The molecule has 3 aromatic rings. The molecule has 1 N–H and O–H groups in total. The smallest absolute Gasteiger partial charge is 0.284 e. The number of rotatable bonds is 5. The van der Waals surface area contributed by atoms with Crippen LogP contribution in [0.3, 0.4) is 0 Å². The Labute approximate surface area is 166 Å². The van der Waals surface area contributed by atoms with Gasteiger partial charge in [-0.05, 0) is 36.4 Å². The first-order chi connectivity index (χ1) is 13.7. The maximum absolute atomic E-state index is 12.8. The van der Waals surface area contributed by atoms with Gasteiger partial charge in [-0.1, -0.05) is 0 Å². The molecule has 8 heteroatoms. The molecule has 1 aliphatic heterocycles. The van der Waals surface area contributed by atoms with Gasteiger partial charge in [0.15, 0.2) is 5.01 Å². The minimum atomic E-state index is -0.249. The molecule has 1 fully saturated rings. The predicted molar refractivity (Wildman–Crippen MR) is 110 cm³/mol. The second-order valence-electron chi connectivity index (χ2n) is 6.27. The Balaban J connectivity index is 1.65. The number of hydrogen-bond acceptors (Lipinski definition) is 7. The van der Waals surface area contributed by atoms with E-state index in [2.05, 4.69) is 15.2 Å². The number of anilines is 2. The highest BCUT2D eigenvalue weighted by Crippen LogP contribution is 2.38. The number of hydrogen-bond donors (Lipinski definition) is 1. The van der Waals surface area contributed by atoms with E-state index in [4.69, 9.17) is 14.2 Å². The van der Waals surface area contributed by atoms with Crippen molar-refractivity contribution in [2.45, 2.75) is 0 Å². The van der Waals surface area contributed by atoms with Gasteiger partial charge in [0.25, 0.3) is 5.91 Å². The van der Waals surface area contributed by atoms with Crippen molar-refractivity contribution in [3.8, 4) is 11.5 Å². The number of carbonyl (C=O) groups excluding carboxylic acids is 1. The minimum Gasteiger partial charge on any atom is -0.497 e. The van der Waals surface area contributed by atoms with Crippen molar-refractivity contribution in [1.29, 1.82) is 0 Å². The van der Waals surface area contributed by atoms with Crippen molar-refractivity contribution < 1.29 is 19.0 Å². The summed E-state index contributed by atoms with van der Waals surface area (Å²) in [6.45, 7) is 3.01. The molecule has 1 saturated heterocycles. The van der Waals surface area contributed by atoms with Gasteiger partial charge in [0.1, 0.15) is 17.0 Å². The van der Waals surface area contributed by atoms with Crippen LogP contribution in [0.1, 0.15) is 9.80 Å². The normalized spacial score (nSPS) is 14.1. The number of nitrogens with one attached hydrogen (secondary N) is 1. The average Bonchev–Trinajstić information content (AvgIpc) is 3.20. The predicted octanol–water partition coefficient (Wildman–Crippen LogP) is 3.40. The number of fused-ring (bicyclic) bond motifs is 1. The van der Waals surface area contributed by atoms with E-state index in [0.717, 1.165) is 29.2 Å². The lowest BCUT2D eigenvalue weighted by atomic mass is 10.2. The molecule has 146 valence electrons. The van der Waals surface area contributed by atoms with Gasteiger partial charge in [-0.3, -0.25) is 4.79 Å². The van der Waals surface area contributed by atoms with Crippen LogP contribution in [0.4, 0.5) is 11.4 Å². The van der Waals surface area contributed by atoms with E-state index in [1.54, 1.807) is 38.5 Å². The van der Waals surface area contributed by atoms with Gasteiger partial charge in [-0.25, -0.2) is 4.98 Å². The summed E-state index contributed by atoms with van der Waals surface area (Å²) in [6, 6.07) is 11.1. The van der Waals surface area contributed by atoms with Crippen LogP contribution in [0.25, 0.3) is 10.2 Å². The fraction of sp³-hybridized carbons (Fsp3) is 0.300. The van der Waals surface area contributed by atoms with Crippen LogP contribution in [0.2, 0.25) is 0 Å². The Morgan fingerprint density at radius 1 is 1.11 bits per heavy atom. The third-order valence-corrected chi connectivity index (χ3v) is 5.68. The van der Waals surface area contributed by atoms with Crippen LogP contribution in [0.15, 0.2) is 36.4 Å². The summed E-state index contributed by atoms with van der Waals surface area (Å²) >= 11 is 1.37. The molecule has 1 aromatic heterocycles. The molecule has 1 aliphatic rings. The van der Waals surface area contributed by atoms with Gasteiger partial charge in [0, 0.05) is 18.8 Å². The van der Waals surface area contributed by atoms with Gasteiger partial charge in [-0.2, -0.15) is 0 Å². The number of aromatic nitrogens is 1. The van der Waals surface area contributed by atoms with Gasteiger partial charge in [-0.15, -0.1) is 11.3 Å². The van der Waals surface area contributed by atoms with E-state index in [9.17, 15) is 4.79 Å². The largest absolute Gasteiger partial charge is 0.497 e. The first-order valence-electron chi connectivity index (χ1n) is 8.95. The van der Waals surface area contributed by atoms with Crippen LogP contribution in [-0.2, 0) is 4.74 Å². The van der Waals surface area contributed by atoms with Crippen LogP contribution in [0, 0.1) is 0 Å². The van der Waals surface area contributed by atoms with E-state index in [0.29, 0.717) is 35.2 Å². The van der Waals surface area contributed by atoms with Gasteiger partial charge >= 0.3 is 0 Å². The molecule has 0 spiro atoms. The average molecular weight is 399 g/mol. The van der Waals surface area contributed by atoms with Crippen molar-refractivity contribution >= 4 is 38.8 Å². The highest BCUT2D eigenvalue weighted by Gasteiger charge is 2.21. The maximum atomic E-state index is 12.8. The molecule has 2 aromatic carbocycles. The Morgan fingerprint density at radius 3 is 2.54 bits per heavy atom. The minimum absolute atomic E-state index is 0.249. The lowest BCUT2D eigenvalue weighted by Gasteiger charge is -2.29. The molecule has 0 radical (unpaired) electrons. The molecular weight excluding hydrogens is 378 g/mol. The van der Waals surface area contributed by atoms with Crippen molar-refractivity contribution in [2.75, 3.05) is 50.7 Å². The van der Waals surface area contributed by atoms with Crippen LogP contribution in [0.5, 0.6) is 11.5 Å². The van der Waals surface area contributed by atoms with E-state index in [1.165, 1.54) is 11.3 Å². The van der Waals surface area contributed by atoms with E-state index >= 15 is 0 Å². The standard InChI is InChI=1S/C20H21N3O4S/c1-25-14-5-3-13(4-6-14)21-19(24)20-22-17-16(26-2)8-7-15(18(17)28-20)23-9-11-27-12-10-23/h3-8H,9-12H2,1-2H3,(H,21,24). The van der Waals surface area contributed by atoms with E-state index in [1.807, 2.05) is 12.1 Å². The lowest BCUT2D eigenvalue weighted by Crippen LogP contribution is -2.36. The van der Waals surface area contributed by atoms with Gasteiger partial charge in [0.05, 0.1) is 37.8 Å². The molecule has 1 amide bonds. The molecule has 7 nitrogen and oxygen atoms in total. The van der Waals surface area contributed by atoms with Crippen LogP contribution >= 0.6 is 11.3 Å². The lowest BCUT2D eigenvalue weighted by molar-refractivity contribution is 0.102. The molecule has 0 saturated carbocycles. The summed E-state index contributed by atoms with van der Waals surface area (Å²) < 4.78 is 17.0. The molecule has 0 bridgehead atoms. The zero-order valence-electron chi connectivity index (χ0n) is 15.7. The summed E-state index contributed by atoms with van der Waals surface area (Å²) in [5.41, 5.74) is 2.45. The SMILES string of the molecule is COc1ccc(NC(=O)c2nc3c(OC)ccc(N4CCOCC4)c3s2)cc1. The third-order valence-electron chi connectivity index (χ3n) is 4.60. The highest BCUT2D eigenvalue weighted by molar-refractivity contribution is 7.21. The molecular formula is C20H21N3O4S. The first kappa shape index (κ1) is 18.5. The quantitative estimate of drug-likeness (QED) is 0.709. The number of morpholine rings is 1. The van der Waals surface area contributed by atoms with E-state index < -0.39 is 0 Å². The van der Waals surface area contributed by atoms with Crippen molar-refractivity contribution in [1.82, 2.24) is 4.98 Å². The summed E-state index contributed by atoms with van der Waals surface area (Å²) in [5.74, 6) is 1.14. The Morgan fingerprint density at radius 2 is 1.86 bits per heavy atom. The summed E-state index contributed by atoms with van der Waals surface area (Å²) in [4.78, 5) is 19.6. The number of benzene rings is 2. The fourth-order valence-electron chi connectivity index (χ4n) is 3.14. The van der Waals surface area contributed by atoms with Crippen molar-refractivity contribution in [2.24, 2.45) is 0 Å². The number of carbonyl (C=O) groups is 1. The van der Waals surface area contributed by atoms with Gasteiger partial charge in [0.2, 0.25) is 0 Å². The first-order valence-corrected chi connectivity index (χ1v) is 9.77. The number of thiazole rings is 1. The second-order valence-corrected chi connectivity index (χ2v) is 7.26. The Hall–Kier alpha value is -2.84. The fourth-order valence-corrected chi connectivity index (χ4v) is 4.16. The number of nitrogens with zero attached hydrogens (tertiary/aromatic N) is 2. The second kappa shape index (κ2) is 8.04. The summed E-state index contributed by atoms with van der Waals surface area (Å²) in [7, 11) is 3.22. The number of methoxy groups -OCH3 is 2. The number of ether oxygens (including phenoxy) is 3. The Bertz CT molecular complexity index is 981. The number of amides is 1. The summed E-state index contributed by atoms with van der Waals surface area (Å²) in [5, 5.41) is 3.28. The van der Waals surface area contributed by atoms with Crippen molar-refractivity contribution in [3.05, 3.63) is 41.4 Å². The monoisotopic (exact) mass is 399 g/mol. The zero-order valence-corrected chi connectivity index (χ0v) is 16.5. The summed E-state index contributed by atoms with van der Waals surface area (Å²) in [6.07, 6.45) is 0. The highest BCUT2D eigenvalue weighted by atomic mass is 32.1. The third kappa shape index (κ3) is 3.61. The van der Waals surface area contributed by atoms with Crippen LogP contribution in [-0.4, -0.2) is 51.4 Å². The zero-order chi connectivity index (χ0) is 19.5. The van der Waals surface area contributed by atoms with Crippen LogP contribution < -0.4 is 19.7 Å². The topological polar surface area (TPSA) is 72.9 Å². The molecule has 0 aliphatic carbocycles. The molecule has 4 rings (SSSR count). The molecule has 28 heavy (non-hydrogen) atoms. The molecule has 0 unspecified atom stereocenters. The molecule has 2 heterocycles.